The van der Waals surface area contributed by atoms with Crippen molar-refractivity contribution in [2.75, 3.05) is 6.54 Å². The Morgan fingerprint density at radius 1 is 1.33 bits per heavy atom. The van der Waals surface area contributed by atoms with Crippen LogP contribution in [0.3, 0.4) is 0 Å². The minimum Gasteiger partial charge on any atom is -0.472 e. The average Bonchev–Trinajstić information content (AvgIpc) is 2.70. The molecular weight excluding hydrogens is 338 g/mol. The molecule has 2 unspecified atom stereocenters. The van der Waals surface area contributed by atoms with Crippen LogP contribution in [0, 0.1) is 18.3 Å². The lowest BCUT2D eigenvalue weighted by Crippen LogP contribution is -2.49. The Kier molecular flexibility index (Phi) is 5.75. The molecule has 1 saturated heterocycles. The summed E-state index contributed by atoms with van der Waals surface area (Å²) >= 11 is 0. The smallest absolute Gasteiger partial charge is 0.254 e. The number of piperidine rings is 1. The number of carbonyl (C=O) groups excluding carboxylic acids is 1. The Morgan fingerprint density at radius 2 is 2.11 bits per heavy atom. The number of pyridine rings is 1. The second-order valence-electron chi connectivity index (χ2n) is 7.03. The summed E-state index contributed by atoms with van der Waals surface area (Å²) in [5.41, 5.74) is 3.15. The molecule has 1 aromatic heterocycles. The van der Waals surface area contributed by atoms with Gasteiger partial charge < -0.3 is 9.64 Å². The third-order valence-corrected chi connectivity index (χ3v) is 5.28. The highest BCUT2D eigenvalue weighted by molar-refractivity contribution is 5.96. The highest BCUT2D eigenvalue weighted by atomic mass is 16.5. The summed E-state index contributed by atoms with van der Waals surface area (Å²) in [7, 11) is 0. The summed E-state index contributed by atoms with van der Waals surface area (Å²) < 4.78 is 6.09. The van der Waals surface area contributed by atoms with Crippen molar-refractivity contribution in [1.82, 2.24) is 9.88 Å². The third-order valence-electron chi connectivity index (χ3n) is 5.28. The lowest BCUT2D eigenvalue weighted by Gasteiger charge is -2.38. The number of rotatable bonds is 4. The standard InChI is InChI=1S/C22H25N3O2/c1-4-17-7-5-6-8-20(17)22(26)25-14-19(10-9-15(25)2)27-21-16(3)18(13-23)11-12-24-21/h5-8,11-12,15,19H,4,9-10,14H2,1-3H3. The first-order valence-corrected chi connectivity index (χ1v) is 9.46. The van der Waals surface area contributed by atoms with E-state index in [1.165, 1.54) is 0 Å². The van der Waals surface area contributed by atoms with Crippen LogP contribution < -0.4 is 4.74 Å². The molecule has 27 heavy (non-hydrogen) atoms. The van der Waals surface area contributed by atoms with E-state index in [1.807, 2.05) is 36.1 Å². The van der Waals surface area contributed by atoms with Crippen molar-refractivity contribution in [2.24, 2.45) is 0 Å². The molecule has 0 aliphatic carbocycles. The van der Waals surface area contributed by atoms with E-state index < -0.39 is 0 Å². The first-order chi connectivity index (χ1) is 13.0. The minimum absolute atomic E-state index is 0.0590. The van der Waals surface area contributed by atoms with Crippen molar-refractivity contribution in [2.45, 2.75) is 52.2 Å². The monoisotopic (exact) mass is 363 g/mol. The predicted molar refractivity (Wildman–Crippen MR) is 104 cm³/mol. The number of nitrogens with zero attached hydrogens (tertiary/aromatic N) is 3. The van der Waals surface area contributed by atoms with Gasteiger partial charge in [0.25, 0.3) is 5.91 Å². The lowest BCUT2D eigenvalue weighted by molar-refractivity contribution is 0.0370. The lowest BCUT2D eigenvalue weighted by atomic mass is 9.98. The number of aromatic nitrogens is 1. The molecule has 1 fully saturated rings. The van der Waals surface area contributed by atoms with E-state index in [-0.39, 0.29) is 18.1 Å². The van der Waals surface area contributed by atoms with Gasteiger partial charge >= 0.3 is 0 Å². The molecule has 140 valence electrons. The van der Waals surface area contributed by atoms with Crippen LogP contribution in [0.5, 0.6) is 5.88 Å². The van der Waals surface area contributed by atoms with E-state index in [1.54, 1.807) is 12.3 Å². The number of carbonyl (C=O) groups is 1. The zero-order valence-electron chi connectivity index (χ0n) is 16.1. The van der Waals surface area contributed by atoms with Crippen LogP contribution in [-0.2, 0) is 6.42 Å². The van der Waals surface area contributed by atoms with E-state index in [0.717, 1.165) is 36.0 Å². The van der Waals surface area contributed by atoms with Crippen LogP contribution in [0.1, 0.15) is 53.7 Å². The number of benzene rings is 1. The Hall–Kier alpha value is -2.87. The summed E-state index contributed by atoms with van der Waals surface area (Å²) in [5, 5.41) is 9.19. The van der Waals surface area contributed by atoms with Crippen LogP contribution in [0.15, 0.2) is 36.5 Å². The van der Waals surface area contributed by atoms with Crippen molar-refractivity contribution in [3.63, 3.8) is 0 Å². The molecule has 2 aromatic rings. The maximum absolute atomic E-state index is 13.2. The summed E-state index contributed by atoms with van der Waals surface area (Å²) in [5.74, 6) is 0.540. The minimum atomic E-state index is -0.126. The van der Waals surface area contributed by atoms with Crippen molar-refractivity contribution in [3.8, 4) is 11.9 Å². The molecule has 5 heteroatoms. The molecule has 1 aliphatic rings. The predicted octanol–water partition coefficient (Wildman–Crippen LogP) is 3.90. The average molecular weight is 363 g/mol. The SMILES string of the molecule is CCc1ccccc1C(=O)N1CC(Oc2nccc(C#N)c2C)CCC1C. The van der Waals surface area contributed by atoms with E-state index >= 15 is 0 Å². The molecular formula is C22H25N3O2. The Labute approximate surface area is 160 Å². The summed E-state index contributed by atoms with van der Waals surface area (Å²) in [6.45, 7) is 6.51. The van der Waals surface area contributed by atoms with Crippen molar-refractivity contribution >= 4 is 5.91 Å². The maximum Gasteiger partial charge on any atom is 0.254 e. The second kappa shape index (κ2) is 8.22. The number of amides is 1. The first-order valence-electron chi connectivity index (χ1n) is 9.46. The van der Waals surface area contributed by atoms with Gasteiger partial charge in [-0.25, -0.2) is 4.98 Å². The van der Waals surface area contributed by atoms with Gasteiger partial charge in [0.05, 0.1) is 18.2 Å². The van der Waals surface area contributed by atoms with Gasteiger partial charge in [-0.2, -0.15) is 5.26 Å². The fourth-order valence-electron chi connectivity index (χ4n) is 3.56. The topological polar surface area (TPSA) is 66.2 Å². The normalized spacial score (nSPS) is 19.4. The van der Waals surface area contributed by atoms with Gasteiger partial charge in [-0.05, 0) is 50.8 Å². The maximum atomic E-state index is 13.2. The van der Waals surface area contributed by atoms with Gasteiger partial charge in [0.15, 0.2) is 0 Å². The number of ether oxygens (including phenoxy) is 1. The molecule has 1 amide bonds. The highest BCUT2D eigenvalue weighted by Crippen LogP contribution is 2.26. The number of nitriles is 1. The van der Waals surface area contributed by atoms with E-state index in [0.29, 0.717) is 18.0 Å². The fourth-order valence-corrected chi connectivity index (χ4v) is 3.56. The second-order valence-corrected chi connectivity index (χ2v) is 7.03. The van der Waals surface area contributed by atoms with E-state index in [4.69, 9.17) is 4.74 Å². The number of hydrogen-bond acceptors (Lipinski definition) is 4. The molecule has 1 aromatic carbocycles. The zero-order chi connectivity index (χ0) is 19.4. The Bertz CT molecular complexity index is 872. The van der Waals surface area contributed by atoms with Gasteiger partial charge in [0.2, 0.25) is 5.88 Å². The molecule has 0 bridgehead atoms. The van der Waals surface area contributed by atoms with Crippen LogP contribution in [0.2, 0.25) is 0 Å². The molecule has 5 nitrogen and oxygen atoms in total. The fraction of sp³-hybridized carbons (Fsp3) is 0.409. The van der Waals surface area contributed by atoms with Crippen molar-refractivity contribution in [3.05, 3.63) is 58.8 Å². The van der Waals surface area contributed by atoms with E-state index in [9.17, 15) is 10.1 Å². The zero-order valence-corrected chi connectivity index (χ0v) is 16.1. The number of aryl methyl sites for hydroxylation is 1. The molecule has 0 radical (unpaired) electrons. The largest absolute Gasteiger partial charge is 0.472 e. The number of likely N-dealkylation sites (tertiary alicyclic amines) is 1. The Balaban J connectivity index is 1.79. The van der Waals surface area contributed by atoms with Crippen molar-refractivity contribution < 1.29 is 9.53 Å². The third kappa shape index (κ3) is 3.95. The molecule has 2 atom stereocenters. The summed E-state index contributed by atoms with van der Waals surface area (Å²) in [6.07, 6.45) is 4.03. The molecule has 3 rings (SSSR count). The van der Waals surface area contributed by atoms with Gasteiger partial charge in [-0.1, -0.05) is 25.1 Å². The molecule has 0 spiro atoms. The first kappa shape index (κ1) is 18.9. The molecule has 1 aliphatic heterocycles. The van der Waals surface area contributed by atoms with Gasteiger partial charge in [0.1, 0.15) is 6.10 Å². The van der Waals surface area contributed by atoms with Crippen molar-refractivity contribution in [1.29, 1.82) is 5.26 Å². The van der Waals surface area contributed by atoms with Crippen LogP contribution in [0.25, 0.3) is 0 Å². The molecule has 0 saturated carbocycles. The molecule has 0 N–H and O–H groups in total. The summed E-state index contributed by atoms with van der Waals surface area (Å²) in [4.78, 5) is 19.4. The Morgan fingerprint density at radius 3 is 2.85 bits per heavy atom. The van der Waals surface area contributed by atoms with E-state index in [2.05, 4.69) is 24.9 Å². The number of hydrogen-bond donors (Lipinski definition) is 0. The van der Waals surface area contributed by atoms with Gasteiger partial charge in [-0.15, -0.1) is 0 Å². The summed E-state index contributed by atoms with van der Waals surface area (Å²) in [6, 6.07) is 11.8. The van der Waals surface area contributed by atoms with Crippen LogP contribution >= 0.6 is 0 Å². The van der Waals surface area contributed by atoms with Crippen LogP contribution in [0.4, 0.5) is 0 Å². The van der Waals surface area contributed by atoms with Crippen LogP contribution in [-0.4, -0.2) is 34.5 Å². The molecule has 2 heterocycles. The highest BCUT2D eigenvalue weighted by Gasteiger charge is 2.31. The van der Waals surface area contributed by atoms with Gasteiger partial charge in [0, 0.05) is 23.4 Å². The quantitative estimate of drug-likeness (QED) is 0.826. The van der Waals surface area contributed by atoms with Gasteiger partial charge in [-0.3, -0.25) is 4.79 Å².